The lowest BCUT2D eigenvalue weighted by Gasteiger charge is -2.17. The van der Waals surface area contributed by atoms with E-state index in [4.69, 9.17) is 4.74 Å². The van der Waals surface area contributed by atoms with Crippen molar-refractivity contribution in [2.45, 2.75) is 12.5 Å². The summed E-state index contributed by atoms with van der Waals surface area (Å²) < 4.78 is 17.8. The standard InChI is InChI=1S/C12H15BrFNO3/c1-18-7-9(4-5-13)15-12(17)10-3-2-8(14)6-11(10)16/h2-3,6,9,16H,4-5,7H2,1H3,(H,15,17). The van der Waals surface area contributed by atoms with Gasteiger partial charge in [0, 0.05) is 18.5 Å². The van der Waals surface area contributed by atoms with Gasteiger partial charge in [-0.2, -0.15) is 0 Å². The van der Waals surface area contributed by atoms with Crippen LogP contribution in [0.3, 0.4) is 0 Å². The number of nitrogens with one attached hydrogen (secondary N) is 1. The van der Waals surface area contributed by atoms with Crippen LogP contribution in [0.15, 0.2) is 18.2 Å². The first kappa shape index (κ1) is 14.9. The lowest BCUT2D eigenvalue weighted by atomic mass is 10.1. The van der Waals surface area contributed by atoms with Crippen LogP contribution >= 0.6 is 15.9 Å². The van der Waals surface area contributed by atoms with Crippen molar-refractivity contribution in [3.63, 3.8) is 0 Å². The number of amides is 1. The number of carbonyl (C=O) groups is 1. The molecule has 0 aromatic heterocycles. The second-order valence-corrected chi connectivity index (χ2v) is 4.56. The van der Waals surface area contributed by atoms with Crippen molar-refractivity contribution in [1.29, 1.82) is 0 Å². The number of ether oxygens (including phenoxy) is 1. The first-order valence-electron chi connectivity index (χ1n) is 5.42. The molecule has 0 saturated heterocycles. The van der Waals surface area contributed by atoms with Gasteiger partial charge in [0.1, 0.15) is 11.6 Å². The van der Waals surface area contributed by atoms with E-state index in [1.165, 1.54) is 6.07 Å². The van der Waals surface area contributed by atoms with E-state index in [0.717, 1.165) is 17.5 Å². The van der Waals surface area contributed by atoms with Crippen molar-refractivity contribution in [2.24, 2.45) is 0 Å². The van der Waals surface area contributed by atoms with E-state index in [2.05, 4.69) is 21.2 Å². The number of phenolic OH excluding ortho intramolecular Hbond substituents is 1. The zero-order valence-corrected chi connectivity index (χ0v) is 11.5. The molecule has 1 unspecified atom stereocenters. The minimum Gasteiger partial charge on any atom is -0.507 e. The smallest absolute Gasteiger partial charge is 0.255 e. The third-order valence-corrected chi connectivity index (χ3v) is 2.82. The fraction of sp³-hybridized carbons (Fsp3) is 0.417. The van der Waals surface area contributed by atoms with Gasteiger partial charge in [0.05, 0.1) is 18.2 Å². The normalized spacial score (nSPS) is 12.2. The Morgan fingerprint density at radius 3 is 2.89 bits per heavy atom. The van der Waals surface area contributed by atoms with Gasteiger partial charge in [-0.1, -0.05) is 15.9 Å². The number of phenols is 1. The highest BCUT2D eigenvalue weighted by atomic mass is 79.9. The Labute approximate surface area is 113 Å². The summed E-state index contributed by atoms with van der Waals surface area (Å²) in [7, 11) is 1.54. The predicted molar refractivity (Wildman–Crippen MR) is 69.6 cm³/mol. The van der Waals surface area contributed by atoms with Gasteiger partial charge >= 0.3 is 0 Å². The molecule has 1 amide bonds. The van der Waals surface area contributed by atoms with E-state index >= 15 is 0 Å². The molecular formula is C12H15BrFNO3. The van der Waals surface area contributed by atoms with Crippen LogP contribution in [-0.4, -0.2) is 36.1 Å². The van der Waals surface area contributed by atoms with Crippen LogP contribution < -0.4 is 5.32 Å². The van der Waals surface area contributed by atoms with Crippen LogP contribution in [0.4, 0.5) is 4.39 Å². The molecule has 0 bridgehead atoms. The van der Waals surface area contributed by atoms with E-state index in [-0.39, 0.29) is 17.4 Å². The maximum Gasteiger partial charge on any atom is 0.255 e. The topological polar surface area (TPSA) is 58.6 Å². The summed E-state index contributed by atoms with van der Waals surface area (Å²) in [5, 5.41) is 12.9. The van der Waals surface area contributed by atoms with Gasteiger partial charge in [-0.05, 0) is 18.6 Å². The van der Waals surface area contributed by atoms with Gasteiger partial charge in [0.25, 0.3) is 5.91 Å². The molecule has 1 aromatic rings. The molecule has 1 atom stereocenters. The van der Waals surface area contributed by atoms with Gasteiger partial charge in [0.15, 0.2) is 0 Å². The second kappa shape index (κ2) is 7.33. The van der Waals surface area contributed by atoms with Crippen LogP contribution in [0, 0.1) is 5.82 Å². The Bertz CT molecular complexity index is 408. The number of carbonyl (C=O) groups excluding carboxylic acids is 1. The van der Waals surface area contributed by atoms with Crippen molar-refractivity contribution in [3.8, 4) is 5.75 Å². The molecule has 4 nitrogen and oxygen atoms in total. The maximum absolute atomic E-state index is 12.8. The van der Waals surface area contributed by atoms with Crippen molar-refractivity contribution in [2.75, 3.05) is 19.0 Å². The molecule has 100 valence electrons. The van der Waals surface area contributed by atoms with E-state index < -0.39 is 11.7 Å². The van der Waals surface area contributed by atoms with Crippen molar-refractivity contribution in [1.82, 2.24) is 5.32 Å². The first-order valence-corrected chi connectivity index (χ1v) is 6.55. The molecule has 0 saturated carbocycles. The molecule has 0 spiro atoms. The molecule has 0 aliphatic heterocycles. The number of halogens is 2. The fourth-order valence-corrected chi connectivity index (χ4v) is 2.04. The average Bonchev–Trinajstić information content (AvgIpc) is 2.29. The number of hydrogen-bond acceptors (Lipinski definition) is 3. The van der Waals surface area contributed by atoms with Gasteiger partial charge in [-0.15, -0.1) is 0 Å². The van der Waals surface area contributed by atoms with Crippen LogP contribution in [0.5, 0.6) is 5.75 Å². The summed E-state index contributed by atoms with van der Waals surface area (Å²) in [6.07, 6.45) is 0.696. The highest BCUT2D eigenvalue weighted by Crippen LogP contribution is 2.18. The first-order chi connectivity index (χ1) is 8.58. The van der Waals surface area contributed by atoms with E-state index in [0.29, 0.717) is 13.0 Å². The van der Waals surface area contributed by atoms with Crippen LogP contribution in [0.1, 0.15) is 16.8 Å². The number of hydrogen-bond donors (Lipinski definition) is 2. The van der Waals surface area contributed by atoms with Gasteiger partial charge in [-0.3, -0.25) is 4.79 Å². The van der Waals surface area contributed by atoms with Crippen molar-refractivity contribution < 1.29 is 19.0 Å². The van der Waals surface area contributed by atoms with Gasteiger partial charge in [-0.25, -0.2) is 4.39 Å². The number of alkyl halides is 1. The quantitative estimate of drug-likeness (QED) is 0.789. The average molecular weight is 320 g/mol. The van der Waals surface area contributed by atoms with Gasteiger partial charge in [0.2, 0.25) is 0 Å². The molecule has 0 aliphatic carbocycles. The minimum absolute atomic E-state index is 0.0482. The van der Waals surface area contributed by atoms with E-state index in [1.54, 1.807) is 7.11 Å². The number of methoxy groups -OCH3 is 1. The van der Waals surface area contributed by atoms with Crippen LogP contribution in [0.2, 0.25) is 0 Å². The SMILES string of the molecule is COCC(CCBr)NC(=O)c1ccc(F)cc1O. The molecule has 0 heterocycles. The number of aromatic hydroxyl groups is 1. The third kappa shape index (κ3) is 4.27. The third-order valence-electron chi connectivity index (χ3n) is 2.37. The van der Waals surface area contributed by atoms with Crippen molar-refractivity contribution in [3.05, 3.63) is 29.6 Å². The van der Waals surface area contributed by atoms with Crippen LogP contribution in [-0.2, 0) is 4.74 Å². The molecule has 1 aromatic carbocycles. The fourth-order valence-electron chi connectivity index (χ4n) is 1.49. The molecule has 0 aliphatic rings. The predicted octanol–water partition coefficient (Wildman–Crippen LogP) is 2.06. The summed E-state index contributed by atoms with van der Waals surface area (Å²) in [5.41, 5.74) is 0.0482. The lowest BCUT2D eigenvalue weighted by Crippen LogP contribution is -2.38. The zero-order chi connectivity index (χ0) is 13.5. The Balaban J connectivity index is 2.73. The molecule has 6 heteroatoms. The number of benzene rings is 1. The molecule has 0 fully saturated rings. The number of rotatable bonds is 6. The summed E-state index contributed by atoms with van der Waals surface area (Å²) in [6.45, 7) is 0.374. The molecule has 0 radical (unpaired) electrons. The van der Waals surface area contributed by atoms with E-state index in [9.17, 15) is 14.3 Å². The van der Waals surface area contributed by atoms with Gasteiger partial charge < -0.3 is 15.2 Å². The Morgan fingerprint density at radius 1 is 1.61 bits per heavy atom. The molecule has 2 N–H and O–H groups in total. The summed E-state index contributed by atoms with van der Waals surface area (Å²) in [6, 6.07) is 3.12. The molecule has 1 rings (SSSR count). The Hall–Kier alpha value is -1.14. The largest absolute Gasteiger partial charge is 0.507 e. The highest BCUT2D eigenvalue weighted by Gasteiger charge is 2.16. The summed E-state index contributed by atoms with van der Waals surface area (Å²) >= 11 is 3.28. The van der Waals surface area contributed by atoms with Crippen molar-refractivity contribution >= 4 is 21.8 Å². The maximum atomic E-state index is 12.8. The summed E-state index contributed by atoms with van der Waals surface area (Å²) in [4.78, 5) is 11.9. The van der Waals surface area contributed by atoms with E-state index in [1.807, 2.05) is 0 Å². The van der Waals surface area contributed by atoms with Crippen LogP contribution in [0.25, 0.3) is 0 Å². The highest BCUT2D eigenvalue weighted by molar-refractivity contribution is 9.09. The minimum atomic E-state index is -0.585. The molecular weight excluding hydrogens is 305 g/mol. The molecule has 18 heavy (non-hydrogen) atoms. The second-order valence-electron chi connectivity index (χ2n) is 3.76. The Kier molecular flexibility index (Phi) is 6.07. The lowest BCUT2D eigenvalue weighted by molar-refractivity contribution is 0.0893. The Morgan fingerprint density at radius 2 is 2.33 bits per heavy atom. The monoisotopic (exact) mass is 319 g/mol. The zero-order valence-electron chi connectivity index (χ0n) is 9.95. The summed E-state index contributed by atoms with van der Waals surface area (Å²) in [5.74, 6) is -1.41.